The van der Waals surface area contributed by atoms with Crippen molar-refractivity contribution < 1.29 is 32.2 Å². The lowest BCUT2D eigenvalue weighted by atomic mass is 9.89. The second kappa shape index (κ2) is 8.69. The Morgan fingerprint density at radius 3 is 2.24 bits per heavy atom. The van der Waals surface area contributed by atoms with Gasteiger partial charge in [0.15, 0.2) is 11.5 Å². The van der Waals surface area contributed by atoms with Crippen molar-refractivity contribution in [2.75, 3.05) is 19.1 Å². The zero-order valence-electron chi connectivity index (χ0n) is 18.2. The number of aryl methyl sites for hydroxylation is 1. The number of carbonyl (C=O) groups is 1. The van der Waals surface area contributed by atoms with Gasteiger partial charge in [0, 0.05) is 5.69 Å². The van der Waals surface area contributed by atoms with Gasteiger partial charge < -0.3 is 14.2 Å². The highest BCUT2D eigenvalue weighted by Gasteiger charge is 2.51. The molecule has 1 saturated heterocycles. The van der Waals surface area contributed by atoms with Crippen LogP contribution in [0.4, 0.5) is 18.9 Å². The molecule has 0 spiro atoms. The maximum absolute atomic E-state index is 13.3. The van der Waals surface area contributed by atoms with Gasteiger partial charge >= 0.3 is 6.18 Å². The number of para-hydroxylation sites is 1. The quantitative estimate of drug-likeness (QED) is 0.455. The molecule has 0 saturated carbocycles. The van der Waals surface area contributed by atoms with E-state index < -0.39 is 29.8 Å². The maximum Gasteiger partial charge on any atom is 0.416 e. The standard InChI is InChI=1S/C25H22F3NO4/c1-15-7-4-5-10-19(15)33-23-22(16-11-12-20(31-2)21(13-16)32-3)29(24(23)30)18-9-6-8-17(14-18)25(26,27)28/h4-14,22-23H,1-3H3/t22-,23-/m1/s1. The van der Waals surface area contributed by atoms with E-state index in [9.17, 15) is 18.0 Å². The van der Waals surface area contributed by atoms with Crippen molar-refractivity contribution in [3.63, 3.8) is 0 Å². The molecule has 5 nitrogen and oxygen atoms in total. The van der Waals surface area contributed by atoms with Crippen LogP contribution in [-0.4, -0.2) is 26.2 Å². The van der Waals surface area contributed by atoms with Crippen LogP contribution in [0.5, 0.6) is 17.2 Å². The van der Waals surface area contributed by atoms with Gasteiger partial charge in [-0.3, -0.25) is 9.69 Å². The summed E-state index contributed by atoms with van der Waals surface area (Å²) in [6.45, 7) is 1.86. The minimum Gasteiger partial charge on any atom is -0.493 e. The molecule has 0 aromatic heterocycles. The summed E-state index contributed by atoms with van der Waals surface area (Å²) in [5.74, 6) is 1.03. The molecule has 0 aliphatic carbocycles. The molecule has 1 amide bonds. The molecular weight excluding hydrogens is 435 g/mol. The summed E-state index contributed by atoms with van der Waals surface area (Å²) in [6, 6.07) is 16.4. The first-order valence-electron chi connectivity index (χ1n) is 10.2. The summed E-state index contributed by atoms with van der Waals surface area (Å²) in [5.41, 5.74) is 0.790. The third-order valence-corrected chi connectivity index (χ3v) is 5.59. The van der Waals surface area contributed by atoms with Gasteiger partial charge in [-0.1, -0.05) is 30.3 Å². The molecule has 3 aromatic carbocycles. The molecule has 0 bridgehead atoms. The Labute approximate surface area is 189 Å². The fourth-order valence-electron chi connectivity index (χ4n) is 3.88. The summed E-state index contributed by atoms with van der Waals surface area (Å²) in [6.07, 6.45) is -5.45. The van der Waals surface area contributed by atoms with E-state index in [2.05, 4.69) is 0 Å². The van der Waals surface area contributed by atoms with Crippen molar-refractivity contribution in [3.05, 3.63) is 83.4 Å². The lowest BCUT2D eigenvalue weighted by Gasteiger charge is -2.47. The number of anilines is 1. The van der Waals surface area contributed by atoms with Gasteiger partial charge in [-0.05, 0) is 54.4 Å². The average molecular weight is 457 g/mol. The number of hydrogen-bond acceptors (Lipinski definition) is 4. The van der Waals surface area contributed by atoms with E-state index in [0.717, 1.165) is 17.7 Å². The van der Waals surface area contributed by atoms with Gasteiger partial charge in [0.25, 0.3) is 5.91 Å². The highest BCUT2D eigenvalue weighted by Crippen LogP contribution is 2.44. The Morgan fingerprint density at radius 2 is 1.58 bits per heavy atom. The van der Waals surface area contributed by atoms with Crippen LogP contribution < -0.4 is 19.1 Å². The van der Waals surface area contributed by atoms with Gasteiger partial charge in [-0.15, -0.1) is 0 Å². The van der Waals surface area contributed by atoms with E-state index in [-0.39, 0.29) is 5.69 Å². The molecule has 8 heteroatoms. The van der Waals surface area contributed by atoms with Gasteiger partial charge in [-0.2, -0.15) is 13.2 Å². The Hall–Kier alpha value is -3.68. The highest BCUT2D eigenvalue weighted by molar-refractivity contribution is 6.05. The number of hydrogen-bond donors (Lipinski definition) is 0. The minimum atomic E-state index is -4.53. The van der Waals surface area contributed by atoms with Crippen molar-refractivity contribution in [1.82, 2.24) is 0 Å². The monoisotopic (exact) mass is 457 g/mol. The van der Waals surface area contributed by atoms with E-state index in [1.54, 1.807) is 30.3 Å². The number of alkyl halides is 3. The molecular formula is C25H22F3NO4. The fourth-order valence-corrected chi connectivity index (χ4v) is 3.88. The van der Waals surface area contributed by atoms with E-state index >= 15 is 0 Å². The van der Waals surface area contributed by atoms with Gasteiger partial charge in [-0.25, -0.2) is 0 Å². The number of methoxy groups -OCH3 is 2. The molecule has 0 radical (unpaired) electrons. The molecule has 33 heavy (non-hydrogen) atoms. The number of β-lactam (4-membered cyclic amide) rings is 1. The SMILES string of the molecule is COc1ccc([C@@H]2[C@@H](Oc3ccccc3C)C(=O)N2c2cccc(C(F)(F)F)c2)cc1OC. The molecule has 1 fully saturated rings. The van der Waals surface area contributed by atoms with E-state index in [4.69, 9.17) is 14.2 Å². The number of amides is 1. The number of rotatable bonds is 6. The van der Waals surface area contributed by atoms with E-state index in [0.29, 0.717) is 22.8 Å². The third kappa shape index (κ3) is 4.20. The van der Waals surface area contributed by atoms with Gasteiger partial charge in [0.1, 0.15) is 11.8 Å². The maximum atomic E-state index is 13.3. The Bertz CT molecular complexity index is 1180. The first-order chi connectivity index (χ1) is 15.7. The lowest BCUT2D eigenvalue weighted by Crippen LogP contribution is -2.61. The summed E-state index contributed by atoms with van der Waals surface area (Å²) >= 11 is 0. The van der Waals surface area contributed by atoms with Crippen molar-refractivity contribution >= 4 is 11.6 Å². The third-order valence-electron chi connectivity index (χ3n) is 5.59. The second-order valence-corrected chi connectivity index (χ2v) is 7.62. The predicted molar refractivity (Wildman–Crippen MR) is 117 cm³/mol. The number of halogens is 3. The number of benzene rings is 3. The van der Waals surface area contributed by atoms with Crippen LogP contribution >= 0.6 is 0 Å². The van der Waals surface area contributed by atoms with Gasteiger partial charge in [0.05, 0.1) is 19.8 Å². The van der Waals surface area contributed by atoms with Crippen molar-refractivity contribution in [1.29, 1.82) is 0 Å². The molecule has 3 aromatic rings. The van der Waals surface area contributed by atoms with Crippen LogP contribution in [0, 0.1) is 6.92 Å². The smallest absolute Gasteiger partial charge is 0.416 e. The van der Waals surface area contributed by atoms with Crippen molar-refractivity contribution in [2.45, 2.75) is 25.2 Å². The molecule has 0 N–H and O–H groups in total. The summed E-state index contributed by atoms with van der Waals surface area (Å²) in [5, 5.41) is 0. The Balaban J connectivity index is 1.77. The van der Waals surface area contributed by atoms with Crippen molar-refractivity contribution in [2.24, 2.45) is 0 Å². The molecule has 0 unspecified atom stereocenters. The van der Waals surface area contributed by atoms with Crippen LogP contribution in [0.2, 0.25) is 0 Å². The topological polar surface area (TPSA) is 48.0 Å². The van der Waals surface area contributed by atoms with Crippen LogP contribution in [0.1, 0.15) is 22.7 Å². The highest BCUT2D eigenvalue weighted by atomic mass is 19.4. The molecule has 1 aliphatic heterocycles. The average Bonchev–Trinajstić information content (AvgIpc) is 2.80. The van der Waals surface area contributed by atoms with Crippen LogP contribution in [-0.2, 0) is 11.0 Å². The van der Waals surface area contributed by atoms with Crippen LogP contribution in [0.25, 0.3) is 0 Å². The normalized spacial score (nSPS) is 18.0. The zero-order valence-corrected chi connectivity index (χ0v) is 18.2. The first kappa shape index (κ1) is 22.5. The predicted octanol–water partition coefficient (Wildman–Crippen LogP) is 5.57. The van der Waals surface area contributed by atoms with E-state index in [1.807, 2.05) is 19.1 Å². The zero-order chi connectivity index (χ0) is 23.8. The molecule has 1 aliphatic rings. The summed E-state index contributed by atoms with van der Waals surface area (Å²) < 4.78 is 56.6. The van der Waals surface area contributed by atoms with Crippen molar-refractivity contribution in [3.8, 4) is 17.2 Å². The van der Waals surface area contributed by atoms with Gasteiger partial charge in [0.2, 0.25) is 6.10 Å². The Morgan fingerprint density at radius 1 is 0.848 bits per heavy atom. The van der Waals surface area contributed by atoms with E-state index in [1.165, 1.54) is 31.3 Å². The molecule has 2 atom stereocenters. The molecule has 1 heterocycles. The first-order valence-corrected chi connectivity index (χ1v) is 10.2. The largest absolute Gasteiger partial charge is 0.493 e. The van der Waals surface area contributed by atoms with Crippen LogP contribution in [0.3, 0.4) is 0 Å². The number of carbonyl (C=O) groups excluding carboxylic acids is 1. The van der Waals surface area contributed by atoms with Crippen LogP contribution in [0.15, 0.2) is 66.7 Å². The summed E-state index contributed by atoms with van der Waals surface area (Å²) in [7, 11) is 2.99. The second-order valence-electron chi connectivity index (χ2n) is 7.62. The number of nitrogens with zero attached hydrogens (tertiary/aromatic N) is 1. The summed E-state index contributed by atoms with van der Waals surface area (Å²) in [4.78, 5) is 14.5. The fraction of sp³-hybridized carbons (Fsp3) is 0.240. The lowest BCUT2D eigenvalue weighted by molar-refractivity contribution is -0.138. The minimum absolute atomic E-state index is 0.138. The number of ether oxygens (including phenoxy) is 3. The molecule has 4 rings (SSSR count). The Kier molecular flexibility index (Phi) is 5.93. The molecule has 172 valence electrons.